The van der Waals surface area contributed by atoms with Gasteiger partial charge in [0.05, 0.1) is 22.8 Å². The molecule has 154 valence electrons. The normalized spacial score (nSPS) is 20.2. The molecule has 1 amide bonds. The van der Waals surface area contributed by atoms with E-state index < -0.39 is 16.9 Å². The maximum Gasteiger partial charge on any atom is 0.356 e. The molecule has 3 rings (SSSR count). The highest BCUT2D eigenvalue weighted by Gasteiger charge is 2.56. The van der Waals surface area contributed by atoms with Gasteiger partial charge >= 0.3 is 11.9 Å². The van der Waals surface area contributed by atoms with Crippen LogP contribution in [0.3, 0.4) is 0 Å². The Hall–Kier alpha value is -2.88. The van der Waals surface area contributed by atoms with Crippen molar-refractivity contribution in [3.8, 4) is 0 Å². The summed E-state index contributed by atoms with van der Waals surface area (Å²) >= 11 is 1.15. The molecule has 0 N–H and O–H groups in total. The van der Waals surface area contributed by atoms with Gasteiger partial charge in [-0.05, 0) is 30.5 Å². The molecule has 2 aliphatic rings. The zero-order valence-corrected chi connectivity index (χ0v) is 16.8. The second-order valence-electron chi connectivity index (χ2n) is 6.54. The number of nitrogens with zero attached hydrogens (tertiary/aromatic N) is 2. The molecular weight excluding hydrogens is 400 g/mol. The summed E-state index contributed by atoms with van der Waals surface area (Å²) in [5.41, 5.74) is 0.386. The molecular formula is C19H20N2O7S. The molecule has 2 heterocycles. The topological polar surface area (TPSA) is 116 Å². The van der Waals surface area contributed by atoms with Gasteiger partial charge in [0.1, 0.15) is 11.5 Å². The first kappa shape index (κ1) is 20.8. The number of thioether (sulfide) groups is 1. The number of hydrogen-bond donors (Lipinski definition) is 0. The van der Waals surface area contributed by atoms with E-state index >= 15 is 0 Å². The van der Waals surface area contributed by atoms with Crippen LogP contribution in [-0.2, 0) is 30.5 Å². The average Bonchev–Trinajstić information content (AvgIpc) is 3.06. The molecule has 0 aliphatic carbocycles. The molecule has 29 heavy (non-hydrogen) atoms. The predicted molar refractivity (Wildman–Crippen MR) is 103 cm³/mol. The van der Waals surface area contributed by atoms with Crippen molar-refractivity contribution in [1.29, 1.82) is 0 Å². The molecule has 1 aromatic carbocycles. The molecule has 0 bridgehead atoms. The number of nitro benzene ring substituents is 1. The Labute approximate surface area is 171 Å². The minimum absolute atomic E-state index is 0.0736. The highest BCUT2D eigenvalue weighted by Crippen LogP contribution is 2.50. The average molecular weight is 420 g/mol. The van der Waals surface area contributed by atoms with Crippen molar-refractivity contribution in [2.75, 3.05) is 6.61 Å². The van der Waals surface area contributed by atoms with Crippen LogP contribution in [0.1, 0.15) is 32.3 Å². The fraction of sp³-hybridized carbons (Fsp3) is 0.421. The van der Waals surface area contributed by atoms with E-state index in [-0.39, 0.29) is 46.7 Å². The Bertz CT molecular complexity index is 881. The van der Waals surface area contributed by atoms with Crippen molar-refractivity contribution in [2.24, 2.45) is 5.92 Å². The minimum Gasteiger partial charge on any atom is -0.462 e. The molecule has 0 aromatic heterocycles. The molecule has 0 saturated carbocycles. The Morgan fingerprint density at radius 2 is 1.86 bits per heavy atom. The van der Waals surface area contributed by atoms with Gasteiger partial charge in [0, 0.05) is 12.1 Å². The first-order valence-corrected chi connectivity index (χ1v) is 10.1. The number of nitro groups is 1. The maximum atomic E-state index is 12.7. The molecule has 1 fully saturated rings. The van der Waals surface area contributed by atoms with Gasteiger partial charge < -0.3 is 9.47 Å². The van der Waals surface area contributed by atoms with Gasteiger partial charge in [-0.3, -0.25) is 19.8 Å². The number of esters is 2. The van der Waals surface area contributed by atoms with Crippen molar-refractivity contribution in [3.63, 3.8) is 0 Å². The van der Waals surface area contributed by atoms with Gasteiger partial charge in [0.15, 0.2) is 5.70 Å². The fourth-order valence-electron chi connectivity index (χ4n) is 3.09. The first-order chi connectivity index (χ1) is 13.9. The largest absolute Gasteiger partial charge is 0.462 e. The van der Waals surface area contributed by atoms with Crippen LogP contribution in [0.5, 0.6) is 0 Å². The van der Waals surface area contributed by atoms with E-state index in [1.54, 1.807) is 0 Å². The maximum absolute atomic E-state index is 12.7. The van der Waals surface area contributed by atoms with E-state index in [1.807, 2.05) is 13.8 Å². The summed E-state index contributed by atoms with van der Waals surface area (Å²) in [5.74, 6) is -1.92. The van der Waals surface area contributed by atoms with Crippen molar-refractivity contribution in [3.05, 3.63) is 50.5 Å². The van der Waals surface area contributed by atoms with Crippen molar-refractivity contribution < 1.29 is 28.8 Å². The van der Waals surface area contributed by atoms with E-state index in [2.05, 4.69) is 0 Å². The SMILES string of the molecule is CCCOC(=O)C1=C(C(=O)OCc2ccc([N+](=O)[O-])cc2)N2C(=O)[C@H](CC)[C@H]2S1. The summed E-state index contributed by atoms with van der Waals surface area (Å²) in [5, 5.41) is 10.4. The van der Waals surface area contributed by atoms with Gasteiger partial charge in [-0.2, -0.15) is 0 Å². The zero-order chi connectivity index (χ0) is 21.1. The smallest absolute Gasteiger partial charge is 0.356 e. The number of benzene rings is 1. The minimum atomic E-state index is -0.801. The number of carbonyl (C=O) groups is 3. The number of ether oxygens (including phenoxy) is 2. The van der Waals surface area contributed by atoms with Gasteiger partial charge in [-0.25, -0.2) is 9.59 Å². The van der Waals surface area contributed by atoms with Crippen LogP contribution in [0.2, 0.25) is 0 Å². The monoisotopic (exact) mass is 420 g/mol. The third kappa shape index (κ3) is 3.98. The lowest BCUT2D eigenvalue weighted by atomic mass is 9.94. The Morgan fingerprint density at radius 3 is 2.45 bits per heavy atom. The summed E-state index contributed by atoms with van der Waals surface area (Å²) in [6.45, 7) is 3.79. The molecule has 1 aromatic rings. The first-order valence-electron chi connectivity index (χ1n) is 9.20. The van der Waals surface area contributed by atoms with Crippen LogP contribution in [0.4, 0.5) is 5.69 Å². The van der Waals surface area contributed by atoms with Crippen LogP contribution < -0.4 is 0 Å². The van der Waals surface area contributed by atoms with Crippen LogP contribution in [-0.4, -0.2) is 39.6 Å². The number of β-lactam (4-membered cyclic amide) rings is 1. The van der Waals surface area contributed by atoms with Gasteiger partial charge in [0.25, 0.3) is 5.69 Å². The molecule has 10 heteroatoms. The van der Waals surface area contributed by atoms with Gasteiger partial charge in [0.2, 0.25) is 5.91 Å². The lowest BCUT2D eigenvalue weighted by molar-refractivity contribution is -0.384. The Balaban J connectivity index is 1.76. The molecule has 2 aliphatic heterocycles. The molecule has 2 atom stereocenters. The molecule has 0 radical (unpaired) electrons. The number of hydrogen-bond acceptors (Lipinski definition) is 8. The number of amides is 1. The van der Waals surface area contributed by atoms with Crippen LogP contribution in [0.15, 0.2) is 34.9 Å². The molecule has 0 unspecified atom stereocenters. The van der Waals surface area contributed by atoms with Gasteiger partial charge in [-0.15, -0.1) is 0 Å². The van der Waals surface area contributed by atoms with E-state index in [4.69, 9.17) is 9.47 Å². The summed E-state index contributed by atoms with van der Waals surface area (Å²) in [7, 11) is 0. The van der Waals surface area contributed by atoms with Crippen LogP contribution in [0, 0.1) is 16.0 Å². The number of non-ortho nitro benzene ring substituents is 1. The van der Waals surface area contributed by atoms with E-state index in [0.717, 1.165) is 11.8 Å². The molecule has 1 saturated heterocycles. The standard InChI is InChI=1S/C19H20N2O7S/c1-3-9-27-19(24)15-14(20-16(22)13(4-2)17(20)29-15)18(23)28-10-11-5-7-12(8-6-11)21(25)26/h5-8,13,17H,3-4,9-10H2,1-2H3/t13-,17+/m0/s1. The zero-order valence-electron chi connectivity index (χ0n) is 16.0. The lowest BCUT2D eigenvalue weighted by Gasteiger charge is -2.42. The quantitative estimate of drug-likeness (QED) is 0.273. The summed E-state index contributed by atoms with van der Waals surface area (Å²) in [4.78, 5) is 49.1. The van der Waals surface area contributed by atoms with Crippen molar-refractivity contribution >= 4 is 35.3 Å². The highest BCUT2D eigenvalue weighted by atomic mass is 32.2. The van der Waals surface area contributed by atoms with Crippen LogP contribution >= 0.6 is 11.8 Å². The molecule has 9 nitrogen and oxygen atoms in total. The van der Waals surface area contributed by atoms with E-state index in [0.29, 0.717) is 18.4 Å². The lowest BCUT2D eigenvalue weighted by Crippen LogP contribution is -2.57. The summed E-state index contributed by atoms with van der Waals surface area (Å²) in [6, 6.07) is 5.57. The number of carbonyl (C=O) groups excluding carboxylic acids is 3. The summed E-state index contributed by atoms with van der Waals surface area (Å²) < 4.78 is 10.4. The fourth-order valence-corrected chi connectivity index (χ4v) is 4.56. The van der Waals surface area contributed by atoms with E-state index in [1.165, 1.54) is 29.2 Å². The molecule has 0 spiro atoms. The van der Waals surface area contributed by atoms with Crippen molar-refractivity contribution in [2.45, 2.75) is 38.7 Å². The van der Waals surface area contributed by atoms with E-state index in [9.17, 15) is 24.5 Å². The third-order valence-corrected chi connectivity index (χ3v) is 6.00. The Morgan fingerprint density at radius 1 is 1.17 bits per heavy atom. The summed E-state index contributed by atoms with van der Waals surface area (Å²) in [6.07, 6.45) is 1.24. The number of rotatable bonds is 8. The second kappa shape index (κ2) is 8.64. The highest BCUT2D eigenvalue weighted by molar-refractivity contribution is 8.05. The predicted octanol–water partition coefficient (Wildman–Crippen LogP) is 2.74. The van der Waals surface area contributed by atoms with Crippen molar-refractivity contribution in [1.82, 2.24) is 4.90 Å². The number of fused-ring (bicyclic) bond motifs is 1. The Kier molecular flexibility index (Phi) is 6.21. The van der Waals surface area contributed by atoms with Crippen LogP contribution in [0.25, 0.3) is 0 Å². The second-order valence-corrected chi connectivity index (χ2v) is 7.67. The van der Waals surface area contributed by atoms with Gasteiger partial charge in [-0.1, -0.05) is 25.6 Å². The third-order valence-electron chi connectivity index (χ3n) is 4.62.